The number of hydrogen-bond acceptors (Lipinski definition) is 5. The number of unbranched alkanes of at least 4 members (excludes halogenated alkanes) is 1. The number of carbonyl (C=O) groups excluding carboxylic acids is 3. The second-order valence-electron chi connectivity index (χ2n) is 8.31. The third-order valence-electron chi connectivity index (χ3n) is 5.86. The van der Waals surface area contributed by atoms with Crippen LogP contribution in [0, 0.1) is 0 Å². The molecule has 1 aliphatic heterocycles. The highest BCUT2D eigenvalue weighted by molar-refractivity contribution is 7.90. The van der Waals surface area contributed by atoms with E-state index in [0.717, 1.165) is 22.7 Å². The Labute approximate surface area is 201 Å². The number of hydrogen-bond donors (Lipinski definition) is 1. The summed E-state index contributed by atoms with van der Waals surface area (Å²) in [6.45, 7) is 4.42. The van der Waals surface area contributed by atoms with Gasteiger partial charge in [0.1, 0.15) is 10.9 Å². The molecule has 0 saturated carbocycles. The molecule has 1 atom stereocenters. The monoisotopic (exact) mass is 485 g/mol. The molecule has 0 aliphatic carbocycles. The molecule has 9 heteroatoms. The summed E-state index contributed by atoms with van der Waals surface area (Å²) < 4.78 is 26.3. The fraction of sp³-hybridized carbons (Fsp3) is 0.400. The van der Waals surface area contributed by atoms with Gasteiger partial charge in [-0.25, -0.2) is 12.7 Å². The summed E-state index contributed by atoms with van der Waals surface area (Å²) in [5.41, 5.74) is 1.04. The van der Waals surface area contributed by atoms with Crippen molar-refractivity contribution >= 4 is 27.7 Å². The number of sulfonamides is 1. The number of carbonyl (C=O) groups is 3. The molecule has 1 N–H and O–H groups in total. The van der Waals surface area contributed by atoms with Gasteiger partial charge in [0.25, 0.3) is 15.9 Å². The van der Waals surface area contributed by atoms with E-state index in [9.17, 15) is 22.8 Å². The minimum atomic E-state index is -3.91. The van der Waals surface area contributed by atoms with Gasteiger partial charge in [0, 0.05) is 26.1 Å². The van der Waals surface area contributed by atoms with Gasteiger partial charge in [-0.2, -0.15) is 0 Å². The zero-order valence-corrected chi connectivity index (χ0v) is 20.4. The molecule has 3 rings (SSSR count). The topological polar surface area (TPSA) is 104 Å². The fourth-order valence-electron chi connectivity index (χ4n) is 3.87. The van der Waals surface area contributed by atoms with Crippen LogP contribution in [0.2, 0.25) is 0 Å². The Morgan fingerprint density at radius 1 is 1.03 bits per heavy atom. The van der Waals surface area contributed by atoms with E-state index in [1.54, 1.807) is 19.1 Å². The van der Waals surface area contributed by atoms with Crippen molar-refractivity contribution in [1.29, 1.82) is 0 Å². The molecule has 0 bridgehead atoms. The molecule has 1 aliphatic rings. The third kappa shape index (κ3) is 5.64. The number of fused-ring (bicyclic) bond motifs is 1. The minimum Gasteiger partial charge on any atom is -0.354 e. The molecular formula is C25H31N3O5S. The Morgan fingerprint density at radius 3 is 2.38 bits per heavy atom. The van der Waals surface area contributed by atoms with Gasteiger partial charge in [0.05, 0.1) is 5.56 Å². The van der Waals surface area contributed by atoms with E-state index in [0.29, 0.717) is 6.54 Å². The summed E-state index contributed by atoms with van der Waals surface area (Å²) in [6.07, 6.45) is 1.97. The molecule has 0 radical (unpaired) electrons. The van der Waals surface area contributed by atoms with Crippen molar-refractivity contribution in [3.05, 3.63) is 65.7 Å². The maximum absolute atomic E-state index is 13.2. The molecule has 182 valence electrons. The molecule has 0 spiro atoms. The Morgan fingerprint density at radius 2 is 1.71 bits per heavy atom. The van der Waals surface area contributed by atoms with Crippen LogP contribution in [-0.2, 0) is 26.2 Å². The third-order valence-corrected chi connectivity index (χ3v) is 7.70. The normalized spacial score (nSPS) is 15.0. The smallest absolute Gasteiger partial charge is 0.269 e. The van der Waals surface area contributed by atoms with Crippen molar-refractivity contribution in [1.82, 2.24) is 14.5 Å². The van der Waals surface area contributed by atoms with Crippen LogP contribution >= 0.6 is 0 Å². The summed E-state index contributed by atoms with van der Waals surface area (Å²) in [6, 6.07) is 14.8. The SMILES string of the molecule is CCCCNC(=O)[C@@H](C)N(Cc1ccccc1)C(=O)CCCN1C(=O)c2ccccc2S1(=O)=O. The van der Waals surface area contributed by atoms with Gasteiger partial charge in [0.15, 0.2) is 0 Å². The van der Waals surface area contributed by atoms with Gasteiger partial charge in [-0.3, -0.25) is 14.4 Å². The fourth-order valence-corrected chi connectivity index (χ4v) is 5.48. The maximum Gasteiger partial charge on any atom is 0.269 e. The van der Waals surface area contributed by atoms with E-state index in [1.165, 1.54) is 17.0 Å². The molecule has 0 saturated heterocycles. The first-order valence-corrected chi connectivity index (χ1v) is 13.0. The summed E-state index contributed by atoms with van der Waals surface area (Å²) in [5, 5.41) is 2.87. The predicted octanol–water partition coefficient (Wildman–Crippen LogP) is 2.94. The van der Waals surface area contributed by atoms with Gasteiger partial charge < -0.3 is 10.2 Å². The zero-order chi connectivity index (χ0) is 24.7. The van der Waals surface area contributed by atoms with Crippen LogP contribution in [0.1, 0.15) is 55.5 Å². The molecule has 1 heterocycles. The second-order valence-corrected chi connectivity index (χ2v) is 10.1. The maximum atomic E-state index is 13.2. The van der Waals surface area contributed by atoms with Crippen LogP contribution in [0.5, 0.6) is 0 Å². The van der Waals surface area contributed by atoms with E-state index in [-0.39, 0.29) is 48.2 Å². The van der Waals surface area contributed by atoms with Crippen molar-refractivity contribution in [2.45, 2.75) is 57.0 Å². The summed E-state index contributed by atoms with van der Waals surface area (Å²) in [4.78, 5) is 39.9. The molecule has 8 nitrogen and oxygen atoms in total. The van der Waals surface area contributed by atoms with Gasteiger partial charge >= 0.3 is 0 Å². The van der Waals surface area contributed by atoms with Crippen LogP contribution in [0.25, 0.3) is 0 Å². The van der Waals surface area contributed by atoms with Gasteiger partial charge in [-0.15, -0.1) is 0 Å². The number of rotatable bonds is 11. The van der Waals surface area contributed by atoms with Crippen molar-refractivity contribution in [3.8, 4) is 0 Å². The van der Waals surface area contributed by atoms with Gasteiger partial charge in [-0.1, -0.05) is 55.8 Å². The highest BCUT2D eigenvalue weighted by Gasteiger charge is 2.40. The lowest BCUT2D eigenvalue weighted by molar-refractivity contribution is -0.140. The van der Waals surface area contributed by atoms with Crippen molar-refractivity contribution in [2.24, 2.45) is 0 Å². The summed E-state index contributed by atoms with van der Waals surface area (Å²) in [7, 11) is -3.91. The zero-order valence-electron chi connectivity index (χ0n) is 19.6. The predicted molar refractivity (Wildman–Crippen MR) is 128 cm³/mol. The lowest BCUT2D eigenvalue weighted by Crippen LogP contribution is -2.47. The average Bonchev–Trinajstić information content (AvgIpc) is 3.03. The first-order valence-electron chi connectivity index (χ1n) is 11.5. The first-order chi connectivity index (χ1) is 16.3. The van der Waals surface area contributed by atoms with Crippen LogP contribution in [0.15, 0.2) is 59.5 Å². The van der Waals surface area contributed by atoms with Crippen molar-refractivity contribution in [2.75, 3.05) is 13.1 Å². The van der Waals surface area contributed by atoms with Crippen LogP contribution in [0.4, 0.5) is 0 Å². The number of nitrogens with one attached hydrogen (secondary N) is 1. The average molecular weight is 486 g/mol. The largest absolute Gasteiger partial charge is 0.354 e. The molecular weight excluding hydrogens is 454 g/mol. The van der Waals surface area contributed by atoms with E-state index < -0.39 is 22.0 Å². The Bertz CT molecular complexity index is 1130. The molecule has 2 aromatic carbocycles. The lowest BCUT2D eigenvalue weighted by atomic mass is 10.1. The Hall–Kier alpha value is -3.20. The van der Waals surface area contributed by atoms with E-state index in [1.807, 2.05) is 37.3 Å². The van der Waals surface area contributed by atoms with Crippen LogP contribution in [0.3, 0.4) is 0 Å². The Kier molecular flexibility index (Phi) is 8.44. The number of nitrogens with zero attached hydrogens (tertiary/aromatic N) is 2. The second kappa shape index (κ2) is 11.3. The molecule has 3 amide bonds. The first kappa shape index (κ1) is 25.4. The van der Waals surface area contributed by atoms with Crippen LogP contribution in [-0.4, -0.2) is 54.5 Å². The minimum absolute atomic E-state index is 0.00518. The highest BCUT2D eigenvalue weighted by Crippen LogP contribution is 2.30. The van der Waals surface area contributed by atoms with E-state index in [4.69, 9.17) is 0 Å². The van der Waals surface area contributed by atoms with Crippen molar-refractivity contribution in [3.63, 3.8) is 0 Å². The van der Waals surface area contributed by atoms with E-state index >= 15 is 0 Å². The van der Waals surface area contributed by atoms with Gasteiger partial charge in [-0.05, 0) is 37.5 Å². The summed E-state index contributed by atoms with van der Waals surface area (Å²) >= 11 is 0. The van der Waals surface area contributed by atoms with Crippen molar-refractivity contribution < 1.29 is 22.8 Å². The number of amides is 3. The highest BCUT2D eigenvalue weighted by atomic mass is 32.2. The number of benzene rings is 2. The summed E-state index contributed by atoms with van der Waals surface area (Å²) in [5.74, 6) is -1.08. The molecule has 34 heavy (non-hydrogen) atoms. The molecule has 2 aromatic rings. The molecule has 0 aromatic heterocycles. The quantitative estimate of drug-likeness (QED) is 0.493. The Balaban J connectivity index is 1.67. The molecule has 0 unspecified atom stereocenters. The van der Waals surface area contributed by atoms with E-state index in [2.05, 4.69) is 5.32 Å². The lowest BCUT2D eigenvalue weighted by Gasteiger charge is -2.29. The molecule has 0 fully saturated rings. The van der Waals surface area contributed by atoms with Crippen LogP contribution < -0.4 is 5.32 Å². The standard InChI is InChI=1S/C25H31N3O5S/c1-3-4-16-26-24(30)19(2)27(18-20-11-6-5-7-12-20)23(29)15-10-17-28-25(31)21-13-8-9-14-22(21)34(28,32)33/h5-9,11-14,19H,3-4,10,15-18H2,1-2H3,(H,26,30)/t19-/m1/s1. The van der Waals surface area contributed by atoms with Gasteiger partial charge in [0.2, 0.25) is 11.8 Å².